The van der Waals surface area contributed by atoms with E-state index in [9.17, 15) is 18.0 Å². The number of aryl methyl sites for hydroxylation is 3. The molecular formula is C23H28N4O4S. The third-order valence-electron chi connectivity index (χ3n) is 5.39. The first-order chi connectivity index (χ1) is 14.9. The molecule has 1 amide bonds. The molecule has 9 heteroatoms. The number of aromatic nitrogens is 2. The second-order valence-electron chi connectivity index (χ2n) is 8.00. The highest BCUT2D eigenvalue weighted by atomic mass is 32.2. The Bertz CT molecular complexity index is 1320. The first-order valence-corrected chi connectivity index (χ1v) is 12.0. The van der Waals surface area contributed by atoms with E-state index in [-0.39, 0.29) is 5.69 Å². The van der Waals surface area contributed by atoms with E-state index in [1.807, 2.05) is 51.1 Å². The summed E-state index contributed by atoms with van der Waals surface area (Å²) < 4.78 is 29.3. The van der Waals surface area contributed by atoms with Gasteiger partial charge in [0, 0.05) is 7.05 Å². The van der Waals surface area contributed by atoms with Crippen LogP contribution < -0.4 is 15.2 Å². The molecule has 0 aliphatic rings. The van der Waals surface area contributed by atoms with E-state index < -0.39 is 28.0 Å². The van der Waals surface area contributed by atoms with Crippen LogP contribution in [0.15, 0.2) is 47.3 Å². The number of para-hydroxylation sites is 1. The van der Waals surface area contributed by atoms with Gasteiger partial charge in [-0.15, -0.1) is 0 Å². The third kappa shape index (κ3) is 4.47. The standard InChI is InChI=1S/C23H28N4O4S/c1-15-12-16(2)22(17(3)13-15)26(32(6,30)31)14-20(28)24-21-18(4)25(5)27(23(21)29)19-10-8-7-9-11-19/h7-13H,14H2,1-6H3,(H,24,28). The largest absolute Gasteiger partial charge is 0.318 e. The van der Waals surface area contributed by atoms with Crippen molar-refractivity contribution in [2.45, 2.75) is 27.7 Å². The summed E-state index contributed by atoms with van der Waals surface area (Å²) in [6.45, 7) is 6.83. The number of carbonyl (C=O) groups excluding carboxylic acids is 1. The van der Waals surface area contributed by atoms with Gasteiger partial charge in [-0.1, -0.05) is 35.9 Å². The molecule has 0 aliphatic heterocycles. The first kappa shape index (κ1) is 23.3. The van der Waals surface area contributed by atoms with Crippen LogP contribution in [0.25, 0.3) is 5.69 Å². The maximum absolute atomic E-state index is 13.0. The molecule has 0 radical (unpaired) electrons. The van der Waals surface area contributed by atoms with E-state index in [1.165, 1.54) is 4.68 Å². The van der Waals surface area contributed by atoms with Crippen LogP contribution in [0.3, 0.4) is 0 Å². The van der Waals surface area contributed by atoms with Gasteiger partial charge < -0.3 is 5.32 Å². The number of sulfonamides is 1. The van der Waals surface area contributed by atoms with Crippen molar-refractivity contribution in [3.8, 4) is 5.69 Å². The maximum atomic E-state index is 13.0. The number of anilines is 2. The second-order valence-corrected chi connectivity index (χ2v) is 9.91. The topological polar surface area (TPSA) is 93.4 Å². The van der Waals surface area contributed by atoms with Crippen LogP contribution in [0.5, 0.6) is 0 Å². The highest BCUT2D eigenvalue weighted by Gasteiger charge is 2.26. The van der Waals surface area contributed by atoms with Crippen LogP contribution in [0.2, 0.25) is 0 Å². The third-order valence-corrected chi connectivity index (χ3v) is 6.50. The number of nitrogens with one attached hydrogen (secondary N) is 1. The van der Waals surface area contributed by atoms with E-state index in [4.69, 9.17) is 0 Å². The molecule has 0 unspecified atom stereocenters. The van der Waals surface area contributed by atoms with Crippen molar-refractivity contribution in [2.75, 3.05) is 22.4 Å². The minimum absolute atomic E-state index is 0.118. The Balaban J connectivity index is 1.96. The zero-order valence-corrected chi connectivity index (χ0v) is 19.9. The normalized spacial score (nSPS) is 11.4. The Morgan fingerprint density at radius 1 is 1.03 bits per heavy atom. The number of amides is 1. The molecule has 170 valence electrons. The molecule has 1 heterocycles. The summed E-state index contributed by atoms with van der Waals surface area (Å²) in [4.78, 5) is 26.0. The van der Waals surface area contributed by atoms with Gasteiger partial charge in [0.15, 0.2) is 0 Å². The molecule has 0 spiro atoms. The van der Waals surface area contributed by atoms with E-state index in [0.29, 0.717) is 17.1 Å². The van der Waals surface area contributed by atoms with Gasteiger partial charge in [0.25, 0.3) is 5.56 Å². The van der Waals surface area contributed by atoms with Crippen molar-refractivity contribution >= 4 is 27.3 Å². The second kappa shape index (κ2) is 8.66. The minimum atomic E-state index is -3.75. The van der Waals surface area contributed by atoms with E-state index >= 15 is 0 Å². The van der Waals surface area contributed by atoms with Crippen molar-refractivity contribution < 1.29 is 13.2 Å². The van der Waals surface area contributed by atoms with Crippen molar-refractivity contribution in [3.05, 3.63) is 75.2 Å². The molecule has 32 heavy (non-hydrogen) atoms. The summed E-state index contributed by atoms with van der Waals surface area (Å²) in [5.41, 5.74) is 3.92. The molecule has 0 fully saturated rings. The Labute approximate surface area is 188 Å². The lowest BCUT2D eigenvalue weighted by Gasteiger charge is -2.25. The van der Waals surface area contributed by atoms with Crippen molar-refractivity contribution in [1.82, 2.24) is 9.36 Å². The Morgan fingerprint density at radius 2 is 1.59 bits per heavy atom. The minimum Gasteiger partial charge on any atom is -0.318 e. The summed E-state index contributed by atoms with van der Waals surface area (Å²) in [5, 5.41) is 2.63. The van der Waals surface area contributed by atoms with Gasteiger partial charge in [-0.05, 0) is 51.0 Å². The van der Waals surface area contributed by atoms with Gasteiger partial charge in [-0.2, -0.15) is 0 Å². The molecule has 1 aromatic heterocycles. The predicted molar refractivity (Wildman–Crippen MR) is 127 cm³/mol. The number of carbonyl (C=O) groups is 1. The van der Waals surface area contributed by atoms with E-state index in [0.717, 1.165) is 27.3 Å². The Morgan fingerprint density at radius 3 is 2.12 bits per heavy atom. The van der Waals surface area contributed by atoms with Crippen LogP contribution in [0, 0.1) is 27.7 Å². The summed E-state index contributed by atoms with van der Waals surface area (Å²) in [7, 11) is -2.02. The zero-order chi connectivity index (χ0) is 23.8. The molecule has 3 rings (SSSR count). The summed E-state index contributed by atoms with van der Waals surface area (Å²) in [6, 6.07) is 12.8. The number of rotatable bonds is 6. The zero-order valence-electron chi connectivity index (χ0n) is 19.1. The van der Waals surface area contributed by atoms with Crippen LogP contribution in [0.4, 0.5) is 11.4 Å². The van der Waals surface area contributed by atoms with E-state index in [2.05, 4.69) is 5.32 Å². The lowest BCUT2D eigenvalue weighted by molar-refractivity contribution is -0.114. The molecule has 2 aromatic carbocycles. The predicted octanol–water partition coefficient (Wildman–Crippen LogP) is 2.81. The molecule has 0 saturated heterocycles. The van der Waals surface area contributed by atoms with Gasteiger partial charge in [0.05, 0.1) is 23.3 Å². The average Bonchev–Trinajstić information content (AvgIpc) is 2.89. The fourth-order valence-corrected chi connectivity index (χ4v) is 4.92. The highest BCUT2D eigenvalue weighted by Crippen LogP contribution is 2.28. The van der Waals surface area contributed by atoms with E-state index in [1.54, 1.807) is 30.8 Å². The summed E-state index contributed by atoms with van der Waals surface area (Å²) in [6.07, 6.45) is 1.06. The SMILES string of the molecule is Cc1cc(C)c(N(CC(=O)Nc2c(C)n(C)n(-c3ccccc3)c2=O)S(C)(=O)=O)c(C)c1. The van der Waals surface area contributed by atoms with Crippen molar-refractivity contribution in [2.24, 2.45) is 7.05 Å². The number of hydrogen-bond donors (Lipinski definition) is 1. The van der Waals surface area contributed by atoms with Crippen LogP contribution in [0.1, 0.15) is 22.4 Å². The van der Waals surface area contributed by atoms with Gasteiger partial charge in [0.2, 0.25) is 15.9 Å². The van der Waals surface area contributed by atoms with Gasteiger partial charge in [-0.3, -0.25) is 18.6 Å². The van der Waals surface area contributed by atoms with Gasteiger partial charge in [-0.25, -0.2) is 13.1 Å². The van der Waals surface area contributed by atoms with Crippen LogP contribution in [-0.2, 0) is 21.9 Å². The molecular weight excluding hydrogens is 428 g/mol. The van der Waals surface area contributed by atoms with Crippen molar-refractivity contribution in [3.63, 3.8) is 0 Å². The van der Waals surface area contributed by atoms with Gasteiger partial charge in [0.1, 0.15) is 12.2 Å². The lowest BCUT2D eigenvalue weighted by atomic mass is 10.1. The molecule has 1 N–H and O–H groups in total. The summed E-state index contributed by atoms with van der Waals surface area (Å²) in [5.74, 6) is -0.596. The maximum Gasteiger partial charge on any atom is 0.295 e. The number of benzene rings is 2. The fraction of sp³-hybridized carbons (Fsp3) is 0.304. The van der Waals surface area contributed by atoms with Crippen molar-refractivity contribution in [1.29, 1.82) is 0 Å². The quantitative estimate of drug-likeness (QED) is 0.617. The fourth-order valence-electron chi connectivity index (χ4n) is 3.95. The molecule has 0 saturated carbocycles. The molecule has 3 aromatic rings. The van der Waals surface area contributed by atoms with Crippen LogP contribution >= 0.6 is 0 Å². The lowest BCUT2D eigenvalue weighted by Crippen LogP contribution is -2.39. The molecule has 8 nitrogen and oxygen atoms in total. The van der Waals surface area contributed by atoms with Gasteiger partial charge >= 0.3 is 0 Å². The number of nitrogens with zero attached hydrogens (tertiary/aromatic N) is 3. The van der Waals surface area contributed by atoms with Crippen LogP contribution in [-0.4, -0.2) is 36.5 Å². The molecule has 0 bridgehead atoms. The summed E-state index contributed by atoms with van der Waals surface area (Å²) >= 11 is 0. The Hall–Kier alpha value is -3.33. The number of hydrogen-bond acceptors (Lipinski definition) is 4. The smallest absolute Gasteiger partial charge is 0.295 e. The first-order valence-electron chi connectivity index (χ1n) is 10.1. The average molecular weight is 457 g/mol. The Kier molecular flexibility index (Phi) is 6.32. The molecule has 0 aliphatic carbocycles. The monoisotopic (exact) mass is 456 g/mol. The molecule has 0 atom stereocenters. The highest BCUT2D eigenvalue weighted by molar-refractivity contribution is 7.92.